The lowest BCUT2D eigenvalue weighted by Gasteiger charge is -2.21. The van der Waals surface area contributed by atoms with Gasteiger partial charge in [0.05, 0.1) is 26.8 Å². The fourth-order valence-electron chi connectivity index (χ4n) is 4.03. The molecule has 5 rings (SSSR count). The van der Waals surface area contributed by atoms with Crippen LogP contribution in [0.5, 0.6) is 0 Å². The van der Waals surface area contributed by atoms with Crippen LogP contribution in [0.4, 0.5) is 11.4 Å². The topological polar surface area (TPSA) is 71.2 Å². The van der Waals surface area contributed by atoms with Crippen molar-refractivity contribution < 1.29 is 4.79 Å². The number of hydrogen-bond donors (Lipinski definition) is 2. The van der Waals surface area contributed by atoms with Gasteiger partial charge in [0.25, 0.3) is 5.91 Å². The van der Waals surface area contributed by atoms with Gasteiger partial charge in [-0.15, -0.1) is 0 Å². The molecule has 44 heavy (non-hydrogen) atoms. The van der Waals surface area contributed by atoms with E-state index in [4.69, 9.17) is 45.5 Å². The summed E-state index contributed by atoms with van der Waals surface area (Å²) in [7, 11) is 0. The first-order valence-electron chi connectivity index (χ1n) is 14.1. The summed E-state index contributed by atoms with van der Waals surface area (Å²) in [6, 6.07) is 22.9. The number of nitrogens with zero attached hydrogens (tertiary/aromatic N) is 2. The maximum absolute atomic E-state index is 13.0. The molecule has 1 aliphatic rings. The number of rotatable bonds is 5. The van der Waals surface area contributed by atoms with Crippen LogP contribution in [0.25, 0.3) is 22.2 Å². The Morgan fingerprint density at radius 2 is 1.75 bits per heavy atom. The number of anilines is 2. The molecule has 0 saturated carbocycles. The number of nitrogens with two attached hydrogens (primary N) is 1. The molecule has 0 aliphatic carbocycles. The number of hydrogen-bond acceptors (Lipinski definition) is 5. The van der Waals surface area contributed by atoms with Crippen molar-refractivity contribution in [1.29, 1.82) is 0 Å². The van der Waals surface area contributed by atoms with Crippen LogP contribution < -0.4 is 15.4 Å². The maximum Gasteiger partial charge on any atom is 0.257 e. The van der Waals surface area contributed by atoms with Crippen molar-refractivity contribution in [3.63, 3.8) is 0 Å². The summed E-state index contributed by atoms with van der Waals surface area (Å²) in [6.45, 7) is 11.4. The molecule has 3 aromatic carbocycles. The molecule has 1 amide bonds. The van der Waals surface area contributed by atoms with Gasteiger partial charge in [-0.05, 0) is 93.2 Å². The summed E-state index contributed by atoms with van der Waals surface area (Å²) in [6.07, 6.45) is 6.99. The third-order valence-electron chi connectivity index (χ3n) is 6.50. The molecule has 0 bridgehead atoms. The molecular weight excluding hydrogens is 631 g/mol. The molecule has 1 saturated heterocycles. The van der Waals surface area contributed by atoms with Crippen LogP contribution in [0, 0.1) is 0 Å². The molecule has 9 heteroatoms. The summed E-state index contributed by atoms with van der Waals surface area (Å²) in [4.78, 5) is 17.8. The van der Waals surface area contributed by atoms with Crippen molar-refractivity contribution in [3.8, 4) is 11.3 Å². The van der Waals surface area contributed by atoms with Crippen LogP contribution in [0.3, 0.4) is 0 Å². The molecule has 4 aromatic rings. The minimum atomic E-state index is -0.264. The van der Waals surface area contributed by atoms with E-state index in [2.05, 4.69) is 22.8 Å². The van der Waals surface area contributed by atoms with E-state index in [0.29, 0.717) is 27.0 Å². The van der Waals surface area contributed by atoms with Gasteiger partial charge in [-0.2, -0.15) is 0 Å². The number of pyridine rings is 1. The number of amides is 1. The lowest BCUT2D eigenvalue weighted by atomic mass is 10.1. The van der Waals surface area contributed by atoms with E-state index in [0.717, 1.165) is 51.6 Å². The van der Waals surface area contributed by atoms with Crippen molar-refractivity contribution in [2.45, 2.75) is 33.1 Å². The standard InChI is InChI=1S/C27H23Cl2N3OS.C4H7Cl.C4H7N/c28-23-12-9-19(16-22(23)26-13-8-18-6-2-3-7-25(18)31-26)30-27(33)21-11-10-20(17-24(21)29)32-14-4-1-5-15-34-32;2*1-3-4(2)5/h2-3,6-13,16-17H,1,4-5,14-15H2,(H,30,33);3H,1-2H3;3H,1-2,5H2/b;4-3+;. The Kier molecular flexibility index (Phi) is 14.2. The summed E-state index contributed by atoms with van der Waals surface area (Å²) < 4.78 is 2.27. The van der Waals surface area contributed by atoms with Crippen LogP contribution in [-0.4, -0.2) is 23.2 Å². The molecule has 0 spiro atoms. The molecule has 1 aliphatic heterocycles. The predicted molar refractivity (Wildman–Crippen MR) is 194 cm³/mol. The third kappa shape index (κ3) is 10.6. The van der Waals surface area contributed by atoms with Crippen LogP contribution in [-0.2, 0) is 0 Å². The monoisotopic (exact) mass is 666 g/mol. The van der Waals surface area contributed by atoms with E-state index in [1.165, 1.54) is 18.9 Å². The number of carbonyl (C=O) groups is 1. The first kappa shape index (κ1) is 35.1. The molecular formula is C35H37Cl3N4OS. The molecule has 1 fully saturated rings. The lowest BCUT2D eigenvalue weighted by molar-refractivity contribution is 0.102. The van der Waals surface area contributed by atoms with Gasteiger partial charge in [-0.1, -0.05) is 84.7 Å². The molecule has 5 nitrogen and oxygen atoms in total. The second kappa shape index (κ2) is 17.8. The highest BCUT2D eigenvalue weighted by Crippen LogP contribution is 2.33. The zero-order chi connectivity index (χ0) is 32.1. The Labute approximate surface area is 279 Å². The van der Waals surface area contributed by atoms with Crippen molar-refractivity contribution >= 4 is 74.9 Å². The van der Waals surface area contributed by atoms with Crippen molar-refractivity contribution in [2.24, 2.45) is 5.73 Å². The fraction of sp³-hybridized carbons (Fsp3) is 0.200. The minimum Gasteiger partial charge on any atom is -0.399 e. The second-order valence-electron chi connectivity index (χ2n) is 9.85. The number of aromatic nitrogens is 1. The van der Waals surface area contributed by atoms with E-state index in [-0.39, 0.29) is 5.91 Å². The summed E-state index contributed by atoms with van der Waals surface area (Å²) >= 11 is 20.2. The predicted octanol–water partition coefficient (Wildman–Crippen LogP) is 10.9. The Bertz CT molecular complexity index is 1630. The van der Waals surface area contributed by atoms with E-state index < -0.39 is 0 Å². The van der Waals surface area contributed by atoms with Gasteiger partial charge in [-0.3, -0.25) is 4.79 Å². The highest BCUT2D eigenvalue weighted by molar-refractivity contribution is 8.00. The number of benzene rings is 3. The minimum absolute atomic E-state index is 0.264. The number of para-hydroxylation sites is 1. The Balaban J connectivity index is 0.000000461. The Hall–Kier alpha value is -3.42. The molecule has 3 N–H and O–H groups in total. The maximum atomic E-state index is 13.0. The number of carbonyl (C=O) groups excluding carboxylic acids is 1. The van der Waals surface area contributed by atoms with Crippen molar-refractivity contribution in [2.75, 3.05) is 21.9 Å². The Morgan fingerprint density at radius 3 is 2.43 bits per heavy atom. The number of nitrogens with one attached hydrogen (secondary N) is 1. The zero-order valence-corrected chi connectivity index (χ0v) is 28.0. The van der Waals surface area contributed by atoms with Gasteiger partial charge in [0.2, 0.25) is 0 Å². The molecule has 230 valence electrons. The molecule has 0 unspecified atom stereocenters. The lowest BCUT2D eigenvalue weighted by Crippen LogP contribution is -2.16. The number of allylic oxidation sites excluding steroid dienone is 3. The molecule has 0 radical (unpaired) electrons. The third-order valence-corrected chi connectivity index (χ3v) is 8.53. The Morgan fingerprint density at radius 1 is 1.02 bits per heavy atom. The van der Waals surface area contributed by atoms with Crippen LogP contribution in [0.2, 0.25) is 10.0 Å². The smallest absolute Gasteiger partial charge is 0.257 e. The molecule has 1 aromatic heterocycles. The van der Waals surface area contributed by atoms with Gasteiger partial charge in [0.15, 0.2) is 0 Å². The van der Waals surface area contributed by atoms with Gasteiger partial charge in [-0.25, -0.2) is 4.98 Å². The van der Waals surface area contributed by atoms with Crippen LogP contribution in [0.15, 0.2) is 109 Å². The number of halogens is 3. The average molecular weight is 668 g/mol. The molecule has 0 atom stereocenters. The highest BCUT2D eigenvalue weighted by atomic mass is 35.5. The highest BCUT2D eigenvalue weighted by Gasteiger charge is 2.16. The van der Waals surface area contributed by atoms with Gasteiger partial charge in [0, 0.05) is 45.4 Å². The van der Waals surface area contributed by atoms with Crippen molar-refractivity contribution in [3.05, 3.63) is 124 Å². The van der Waals surface area contributed by atoms with Crippen LogP contribution in [0.1, 0.15) is 43.5 Å². The zero-order valence-electron chi connectivity index (χ0n) is 25.0. The largest absolute Gasteiger partial charge is 0.399 e. The van der Waals surface area contributed by atoms with E-state index in [1.54, 1.807) is 18.2 Å². The van der Waals surface area contributed by atoms with E-state index >= 15 is 0 Å². The van der Waals surface area contributed by atoms with Gasteiger partial charge in [0.1, 0.15) is 0 Å². The van der Waals surface area contributed by atoms with E-state index in [9.17, 15) is 4.79 Å². The summed E-state index contributed by atoms with van der Waals surface area (Å²) in [5, 5.41) is 5.87. The average Bonchev–Trinajstić information content (AvgIpc) is 3.32. The van der Waals surface area contributed by atoms with Crippen molar-refractivity contribution in [1.82, 2.24) is 4.98 Å². The van der Waals surface area contributed by atoms with Gasteiger partial charge >= 0.3 is 0 Å². The van der Waals surface area contributed by atoms with E-state index in [1.807, 2.05) is 86.5 Å². The quantitative estimate of drug-likeness (QED) is 0.164. The normalized spacial score (nSPS) is 13.0. The first-order chi connectivity index (χ1) is 21.1. The van der Waals surface area contributed by atoms with Gasteiger partial charge < -0.3 is 15.4 Å². The fourth-order valence-corrected chi connectivity index (χ4v) is 5.58. The molecule has 2 heterocycles. The van der Waals surface area contributed by atoms with Crippen LogP contribution >= 0.6 is 46.8 Å². The number of fused-ring (bicyclic) bond motifs is 1. The summed E-state index contributed by atoms with van der Waals surface area (Å²) in [5.41, 5.74) is 9.98. The second-order valence-corrected chi connectivity index (χ2v) is 12.4. The summed E-state index contributed by atoms with van der Waals surface area (Å²) in [5.74, 6) is 0.838. The first-order valence-corrected chi connectivity index (χ1v) is 16.2. The SMILES string of the molecule is C/C=C(\C)Cl.C=CC(=C)N.O=C(Nc1ccc(Cl)c(-c2ccc3ccccc3n2)c1)c1ccc(N2CCCCCS2)cc1Cl.